The molecule has 0 amide bonds. The highest BCUT2D eigenvalue weighted by Gasteiger charge is 2.16. The first-order valence-corrected chi connectivity index (χ1v) is 10.6. The van der Waals surface area contributed by atoms with Crippen LogP contribution in [0.1, 0.15) is 22.3 Å². The van der Waals surface area contributed by atoms with Gasteiger partial charge in [-0.1, -0.05) is 47.7 Å². The average molecular weight is 418 g/mol. The molecule has 0 aromatic heterocycles. The molecule has 0 radical (unpaired) electrons. The maximum atomic E-state index is 12.4. The summed E-state index contributed by atoms with van der Waals surface area (Å²) in [7, 11) is -3.77. The third-order valence-corrected chi connectivity index (χ3v) is 5.61. The minimum Gasteiger partial charge on any atom is -0.454 e. The molecular formula is C23H18N2O4S. The summed E-state index contributed by atoms with van der Waals surface area (Å²) in [6.45, 7) is 2.02. The number of benzene rings is 3. The number of rotatable bonds is 4. The predicted molar refractivity (Wildman–Crippen MR) is 114 cm³/mol. The lowest BCUT2D eigenvalue weighted by molar-refractivity contribution is 0.174. The van der Waals surface area contributed by atoms with Crippen molar-refractivity contribution >= 4 is 16.2 Å². The number of nitrogens with zero attached hydrogens (tertiary/aromatic N) is 1. The smallest absolute Gasteiger partial charge is 0.276 e. The summed E-state index contributed by atoms with van der Waals surface area (Å²) < 4.78 is 35.7. The Balaban J connectivity index is 1.61. The van der Waals surface area contributed by atoms with Crippen LogP contribution in [-0.4, -0.2) is 21.4 Å². The van der Waals surface area contributed by atoms with Crippen molar-refractivity contribution in [3.63, 3.8) is 0 Å². The van der Waals surface area contributed by atoms with Crippen molar-refractivity contribution in [1.82, 2.24) is 4.83 Å². The topological polar surface area (TPSA) is 77.0 Å². The van der Waals surface area contributed by atoms with Crippen LogP contribution in [0.4, 0.5) is 0 Å². The van der Waals surface area contributed by atoms with E-state index in [2.05, 4.69) is 21.8 Å². The minimum absolute atomic E-state index is 0.127. The van der Waals surface area contributed by atoms with Gasteiger partial charge in [0.05, 0.1) is 11.1 Å². The molecule has 1 N–H and O–H groups in total. The maximum absolute atomic E-state index is 12.4. The molecule has 0 aliphatic carbocycles. The number of nitrogens with one attached hydrogen (secondary N) is 1. The van der Waals surface area contributed by atoms with Gasteiger partial charge >= 0.3 is 0 Å². The molecule has 0 bridgehead atoms. The molecule has 0 saturated carbocycles. The van der Waals surface area contributed by atoms with Crippen molar-refractivity contribution in [3.8, 4) is 23.3 Å². The standard InChI is InChI=1S/C23H18N2O4S/c1-17-7-11-21(12-8-17)30(26,27)25-24-15-20-14-23-22(28-16-29-23)13-19(20)10-9-18-5-3-2-4-6-18/h2-8,11-15,25H,16H2,1H3/b24-15+. The number of ether oxygens (including phenoxy) is 2. The fraction of sp³-hybridized carbons (Fsp3) is 0.0870. The van der Waals surface area contributed by atoms with Crippen molar-refractivity contribution < 1.29 is 17.9 Å². The van der Waals surface area contributed by atoms with Crippen LogP contribution in [0.2, 0.25) is 0 Å². The Morgan fingerprint density at radius 3 is 2.40 bits per heavy atom. The first-order valence-electron chi connectivity index (χ1n) is 9.13. The highest BCUT2D eigenvalue weighted by atomic mass is 32.2. The van der Waals surface area contributed by atoms with Gasteiger partial charge in [0.1, 0.15) is 0 Å². The summed E-state index contributed by atoms with van der Waals surface area (Å²) in [4.78, 5) is 2.37. The van der Waals surface area contributed by atoms with E-state index in [0.29, 0.717) is 22.6 Å². The lowest BCUT2D eigenvalue weighted by Gasteiger charge is -2.05. The summed E-state index contributed by atoms with van der Waals surface area (Å²) in [6, 6.07) is 19.6. The second-order valence-corrected chi connectivity index (χ2v) is 8.24. The van der Waals surface area contributed by atoms with Crippen LogP contribution in [0.25, 0.3) is 0 Å². The van der Waals surface area contributed by atoms with E-state index in [1.165, 1.54) is 18.3 Å². The van der Waals surface area contributed by atoms with E-state index < -0.39 is 10.0 Å². The Bertz CT molecular complexity index is 1260. The van der Waals surface area contributed by atoms with Crippen LogP contribution >= 0.6 is 0 Å². The van der Waals surface area contributed by atoms with Crippen LogP contribution in [0.5, 0.6) is 11.5 Å². The van der Waals surface area contributed by atoms with Crippen molar-refractivity contribution in [2.75, 3.05) is 6.79 Å². The van der Waals surface area contributed by atoms with Gasteiger partial charge < -0.3 is 9.47 Å². The second kappa shape index (κ2) is 8.31. The average Bonchev–Trinajstić information content (AvgIpc) is 3.20. The van der Waals surface area contributed by atoms with Crippen LogP contribution in [0.15, 0.2) is 76.7 Å². The molecule has 6 nitrogen and oxygen atoms in total. The first-order chi connectivity index (χ1) is 14.5. The number of sulfonamides is 1. The van der Waals surface area contributed by atoms with Crippen LogP contribution in [0.3, 0.4) is 0 Å². The summed E-state index contributed by atoms with van der Waals surface area (Å²) >= 11 is 0. The molecule has 0 unspecified atom stereocenters. The van der Waals surface area contributed by atoms with E-state index in [1.807, 2.05) is 37.3 Å². The minimum atomic E-state index is -3.77. The number of hydrogen-bond donors (Lipinski definition) is 1. The molecular weight excluding hydrogens is 400 g/mol. The molecule has 30 heavy (non-hydrogen) atoms. The van der Waals surface area contributed by atoms with E-state index in [-0.39, 0.29) is 11.7 Å². The van der Waals surface area contributed by atoms with E-state index in [4.69, 9.17) is 9.47 Å². The molecule has 150 valence electrons. The van der Waals surface area contributed by atoms with Crippen molar-refractivity contribution in [2.45, 2.75) is 11.8 Å². The van der Waals surface area contributed by atoms with Gasteiger partial charge in [-0.15, -0.1) is 0 Å². The number of fused-ring (bicyclic) bond motifs is 1. The zero-order valence-corrected chi connectivity index (χ0v) is 16.9. The molecule has 3 aromatic rings. The van der Waals surface area contributed by atoms with Gasteiger partial charge in [-0.2, -0.15) is 13.5 Å². The zero-order valence-electron chi connectivity index (χ0n) is 16.1. The van der Waals surface area contributed by atoms with Gasteiger partial charge in [0.2, 0.25) is 6.79 Å². The van der Waals surface area contributed by atoms with Crippen LogP contribution in [-0.2, 0) is 10.0 Å². The number of hydrogen-bond acceptors (Lipinski definition) is 5. The lowest BCUT2D eigenvalue weighted by atomic mass is 10.1. The molecule has 1 aliphatic heterocycles. The molecule has 1 heterocycles. The molecule has 0 spiro atoms. The monoisotopic (exact) mass is 418 g/mol. The van der Waals surface area contributed by atoms with Gasteiger partial charge in [-0.3, -0.25) is 0 Å². The second-order valence-electron chi connectivity index (χ2n) is 6.57. The van der Waals surface area contributed by atoms with Gasteiger partial charge in [-0.25, -0.2) is 4.83 Å². The van der Waals surface area contributed by atoms with E-state index in [0.717, 1.165) is 11.1 Å². The Morgan fingerprint density at radius 2 is 1.67 bits per heavy atom. The Hall–Kier alpha value is -3.76. The summed E-state index contributed by atoms with van der Waals surface area (Å²) in [5, 5.41) is 3.93. The van der Waals surface area contributed by atoms with Crippen molar-refractivity contribution in [3.05, 3.63) is 89.0 Å². The lowest BCUT2D eigenvalue weighted by Crippen LogP contribution is -2.18. The Labute approximate surface area is 175 Å². The molecule has 3 aromatic carbocycles. The predicted octanol–water partition coefficient (Wildman–Crippen LogP) is 3.44. The SMILES string of the molecule is Cc1ccc(S(=O)(=O)N/N=C/c2cc3c(cc2C#Cc2ccccc2)OCO3)cc1. The first kappa shape index (κ1) is 19.6. The fourth-order valence-electron chi connectivity index (χ4n) is 2.77. The quantitative estimate of drug-likeness (QED) is 0.400. The Kier molecular flexibility index (Phi) is 5.42. The normalized spacial score (nSPS) is 12.4. The maximum Gasteiger partial charge on any atom is 0.276 e. The zero-order chi connectivity index (χ0) is 21.0. The van der Waals surface area contributed by atoms with Gasteiger partial charge in [0.25, 0.3) is 10.0 Å². The third kappa shape index (κ3) is 4.45. The number of hydrazone groups is 1. The van der Waals surface area contributed by atoms with Crippen LogP contribution in [0, 0.1) is 18.8 Å². The van der Waals surface area contributed by atoms with Gasteiger partial charge in [0, 0.05) is 22.8 Å². The summed E-state index contributed by atoms with van der Waals surface area (Å²) in [6.07, 6.45) is 1.41. The number of aryl methyl sites for hydroxylation is 1. The molecule has 7 heteroatoms. The largest absolute Gasteiger partial charge is 0.454 e. The molecule has 4 rings (SSSR count). The summed E-state index contributed by atoms with van der Waals surface area (Å²) in [5.41, 5.74) is 3.08. The van der Waals surface area contributed by atoms with E-state index in [1.54, 1.807) is 24.3 Å². The molecule has 1 aliphatic rings. The molecule has 0 fully saturated rings. The van der Waals surface area contributed by atoms with E-state index in [9.17, 15) is 8.42 Å². The molecule has 0 atom stereocenters. The third-order valence-electron chi connectivity index (χ3n) is 4.37. The van der Waals surface area contributed by atoms with Gasteiger partial charge in [0.15, 0.2) is 11.5 Å². The van der Waals surface area contributed by atoms with E-state index >= 15 is 0 Å². The highest BCUT2D eigenvalue weighted by Crippen LogP contribution is 2.34. The van der Waals surface area contributed by atoms with Gasteiger partial charge in [-0.05, 0) is 37.3 Å². The summed E-state index contributed by atoms with van der Waals surface area (Å²) in [5.74, 6) is 7.32. The highest BCUT2D eigenvalue weighted by molar-refractivity contribution is 7.89. The van der Waals surface area contributed by atoms with Crippen molar-refractivity contribution in [1.29, 1.82) is 0 Å². The van der Waals surface area contributed by atoms with Crippen molar-refractivity contribution in [2.24, 2.45) is 5.10 Å². The Morgan fingerprint density at radius 1 is 0.967 bits per heavy atom. The van der Waals surface area contributed by atoms with Crippen LogP contribution < -0.4 is 14.3 Å². The molecule has 0 saturated heterocycles. The fourth-order valence-corrected chi connectivity index (χ4v) is 3.56.